The molecule has 0 amide bonds. The Hall–Kier alpha value is -0.930. The first-order valence-corrected chi connectivity index (χ1v) is 5.42. The van der Waals surface area contributed by atoms with E-state index in [0.717, 1.165) is 6.07 Å². The maximum atomic E-state index is 12.8. The van der Waals surface area contributed by atoms with Crippen LogP contribution in [0.4, 0.5) is 4.39 Å². The molecule has 1 rings (SSSR count). The summed E-state index contributed by atoms with van der Waals surface area (Å²) >= 11 is 5.81. The highest BCUT2D eigenvalue weighted by Gasteiger charge is 2.17. The lowest BCUT2D eigenvalue weighted by molar-refractivity contribution is 0.0894. The molecule has 1 atom stereocenters. The number of benzene rings is 1. The van der Waals surface area contributed by atoms with Crippen molar-refractivity contribution in [3.05, 3.63) is 34.6 Å². The van der Waals surface area contributed by atoms with Crippen LogP contribution in [0.5, 0.6) is 0 Å². The summed E-state index contributed by atoms with van der Waals surface area (Å²) in [5.74, 6) is -0.698. The molecule has 0 aliphatic carbocycles. The fourth-order valence-corrected chi connectivity index (χ4v) is 1.64. The monoisotopic (exact) mass is 244 g/mol. The lowest BCUT2D eigenvalue weighted by Gasteiger charge is -2.10. The van der Waals surface area contributed by atoms with Gasteiger partial charge >= 0.3 is 0 Å². The molecule has 0 radical (unpaired) electrons. The van der Waals surface area contributed by atoms with Crippen molar-refractivity contribution < 1.29 is 13.9 Å². The largest absolute Gasteiger partial charge is 0.385 e. The van der Waals surface area contributed by atoms with Gasteiger partial charge in [0.25, 0.3) is 0 Å². The van der Waals surface area contributed by atoms with Gasteiger partial charge in [0.2, 0.25) is 0 Å². The summed E-state index contributed by atoms with van der Waals surface area (Å²) in [6, 6.07) is 3.81. The first-order chi connectivity index (χ1) is 7.56. The molecular formula is C12H14ClFO2. The number of carbonyl (C=O) groups is 1. The van der Waals surface area contributed by atoms with Crippen molar-refractivity contribution in [3.63, 3.8) is 0 Å². The Morgan fingerprint density at radius 2 is 2.25 bits per heavy atom. The zero-order chi connectivity index (χ0) is 12.1. The molecule has 0 heterocycles. The molecule has 1 aromatic rings. The molecule has 0 bridgehead atoms. The van der Waals surface area contributed by atoms with Crippen LogP contribution in [0, 0.1) is 11.7 Å². The van der Waals surface area contributed by atoms with E-state index in [2.05, 4.69) is 0 Å². The second kappa shape index (κ2) is 5.97. The molecule has 88 valence electrons. The molecule has 4 heteroatoms. The van der Waals surface area contributed by atoms with Crippen LogP contribution >= 0.6 is 11.6 Å². The maximum Gasteiger partial charge on any atom is 0.167 e. The molecule has 1 unspecified atom stereocenters. The lowest BCUT2D eigenvalue weighted by Crippen LogP contribution is -2.14. The number of methoxy groups -OCH3 is 1. The minimum Gasteiger partial charge on any atom is -0.385 e. The van der Waals surface area contributed by atoms with Crippen LogP contribution in [0.25, 0.3) is 0 Å². The van der Waals surface area contributed by atoms with Crippen LogP contribution in [-0.4, -0.2) is 19.5 Å². The van der Waals surface area contributed by atoms with Crippen LogP contribution in [0.1, 0.15) is 23.7 Å². The van der Waals surface area contributed by atoms with Crippen molar-refractivity contribution in [2.24, 2.45) is 5.92 Å². The standard InChI is InChI=1S/C12H14ClFO2/c1-8(5-6-16-2)12(15)10-4-3-9(14)7-11(10)13/h3-4,7-8H,5-6H2,1-2H3. The summed E-state index contributed by atoms with van der Waals surface area (Å²) in [7, 11) is 1.59. The molecule has 2 nitrogen and oxygen atoms in total. The summed E-state index contributed by atoms with van der Waals surface area (Å²) in [5, 5.41) is 0.161. The van der Waals surface area contributed by atoms with E-state index in [-0.39, 0.29) is 16.7 Å². The van der Waals surface area contributed by atoms with E-state index < -0.39 is 5.82 Å². The smallest absolute Gasteiger partial charge is 0.167 e. The van der Waals surface area contributed by atoms with Crippen LogP contribution in [-0.2, 0) is 4.74 Å². The summed E-state index contributed by atoms with van der Waals surface area (Å²) in [4.78, 5) is 11.9. The fourth-order valence-electron chi connectivity index (χ4n) is 1.38. The molecule has 0 aliphatic rings. The Labute approximate surface area is 99.4 Å². The number of carbonyl (C=O) groups excluding carboxylic acids is 1. The SMILES string of the molecule is COCCC(C)C(=O)c1ccc(F)cc1Cl. The number of halogens is 2. The van der Waals surface area contributed by atoms with E-state index in [1.807, 2.05) is 0 Å². The van der Waals surface area contributed by atoms with E-state index in [0.29, 0.717) is 18.6 Å². The van der Waals surface area contributed by atoms with Crippen molar-refractivity contribution >= 4 is 17.4 Å². The molecule has 0 fully saturated rings. The molecule has 0 saturated carbocycles. The molecule has 0 aromatic heterocycles. The van der Waals surface area contributed by atoms with Crippen molar-refractivity contribution in [2.45, 2.75) is 13.3 Å². The van der Waals surface area contributed by atoms with Crippen LogP contribution in [0.15, 0.2) is 18.2 Å². The molecular weight excluding hydrogens is 231 g/mol. The second-order valence-electron chi connectivity index (χ2n) is 3.67. The summed E-state index contributed by atoms with van der Waals surface area (Å²) in [6.45, 7) is 2.33. The molecule has 1 aromatic carbocycles. The Morgan fingerprint density at radius 1 is 1.56 bits per heavy atom. The Morgan fingerprint density at radius 3 is 2.81 bits per heavy atom. The van der Waals surface area contributed by atoms with Gasteiger partial charge in [0.15, 0.2) is 5.78 Å². The van der Waals surface area contributed by atoms with E-state index >= 15 is 0 Å². The predicted molar refractivity (Wildman–Crippen MR) is 61.4 cm³/mol. The highest BCUT2D eigenvalue weighted by molar-refractivity contribution is 6.34. The highest BCUT2D eigenvalue weighted by atomic mass is 35.5. The van der Waals surface area contributed by atoms with Gasteiger partial charge in [-0.3, -0.25) is 4.79 Å². The second-order valence-corrected chi connectivity index (χ2v) is 4.08. The maximum absolute atomic E-state index is 12.8. The number of ketones is 1. The van der Waals surface area contributed by atoms with Crippen molar-refractivity contribution in [1.82, 2.24) is 0 Å². The third-order valence-corrected chi connectivity index (χ3v) is 2.71. The predicted octanol–water partition coefficient (Wildman–Crippen LogP) is 3.33. The van der Waals surface area contributed by atoms with Crippen molar-refractivity contribution in [2.75, 3.05) is 13.7 Å². The molecule has 0 N–H and O–H groups in total. The normalized spacial score (nSPS) is 12.5. The van der Waals surface area contributed by atoms with Gasteiger partial charge in [-0.05, 0) is 24.6 Å². The van der Waals surface area contributed by atoms with E-state index in [9.17, 15) is 9.18 Å². The van der Waals surface area contributed by atoms with Gasteiger partial charge in [0, 0.05) is 25.2 Å². The minimum absolute atomic E-state index is 0.0814. The van der Waals surface area contributed by atoms with Crippen molar-refractivity contribution in [3.8, 4) is 0 Å². The topological polar surface area (TPSA) is 26.3 Å². The number of hydrogen-bond acceptors (Lipinski definition) is 2. The van der Waals surface area contributed by atoms with Crippen LogP contribution < -0.4 is 0 Å². The van der Waals surface area contributed by atoms with Crippen LogP contribution in [0.3, 0.4) is 0 Å². The van der Waals surface area contributed by atoms with Gasteiger partial charge in [0.1, 0.15) is 5.82 Å². The Bertz CT molecular complexity index is 379. The zero-order valence-corrected chi connectivity index (χ0v) is 10.1. The number of Topliss-reactive ketones (excluding diaryl/α,β-unsaturated/α-hetero) is 1. The molecule has 0 spiro atoms. The summed E-state index contributed by atoms with van der Waals surface area (Å²) < 4.78 is 17.7. The molecule has 0 aliphatic heterocycles. The molecule has 0 saturated heterocycles. The number of ether oxygens (including phenoxy) is 1. The van der Waals surface area contributed by atoms with E-state index in [4.69, 9.17) is 16.3 Å². The Kier molecular flexibility index (Phi) is 4.90. The average molecular weight is 245 g/mol. The lowest BCUT2D eigenvalue weighted by atomic mass is 9.97. The van der Waals surface area contributed by atoms with Gasteiger partial charge < -0.3 is 4.74 Å². The van der Waals surface area contributed by atoms with Gasteiger partial charge in [-0.15, -0.1) is 0 Å². The number of hydrogen-bond donors (Lipinski definition) is 0. The van der Waals surface area contributed by atoms with Gasteiger partial charge in [-0.2, -0.15) is 0 Å². The van der Waals surface area contributed by atoms with Crippen LogP contribution in [0.2, 0.25) is 5.02 Å². The first-order valence-electron chi connectivity index (χ1n) is 5.04. The third-order valence-electron chi connectivity index (χ3n) is 2.40. The quantitative estimate of drug-likeness (QED) is 0.743. The van der Waals surface area contributed by atoms with Gasteiger partial charge in [0.05, 0.1) is 5.02 Å². The highest BCUT2D eigenvalue weighted by Crippen LogP contribution is 2.21. The minimum atomic E-state index is -0.439. The number of rotatable bonds is 5. The molecule has 16 heavy (non-hydrogen) atoms. The third kappa shape index (κ3) is 3.29. The van der Waals surface area contributed by atoms with Gasteiger partial charge in [-0.1, -0.05) is 18.5 Å². The first kappa shape index (κ1) is 13.1. The van der Waals surface area contributed by atoms with Crippen molar-refractivity contribution in [1.29, 1.82) is 0 Å². The Balaban J connectivity index is 2.79. The van der Waals surface area contributed by atoms with E-state index in [1.165, 1.54) is 12.1 Å². The zero-order valence-electron chi connectivity index (χ0n) is 9.30. The fraction of sp³-hybridized carbons (Fsp3) is 0.417. The average Bonchev–Trinajstić information content (AvgIpc) is 2.25. The van der Waals surface area contributed by atoms with Gasteiger partial charge in [-0.25, -0.2) is 4.39 Å². The van der Waals surface area contributed by atoms with E-state index in [1.54, 1.807) is 14.0 Å². The summed E-state index contributed by atoms with van der Waals surface area (Å²) in [5.41, 5.74) is 0.367. The summed E-state index contributed by atoms with van der Waals surface area (Å²) in [6.07, 6.45) is 0.628.